The topological polar surface area (TPSA) is 55.8 Å². The van der Waals surface area contributed by atoms with Crippen molar-refractivity contribution in [3.05, 3.63) is 34.6 Å². The fraction of sp³-hybridized carbons (Fsp3) is 0.611. The van der Waals surface area contributed by atoms with Crippen LogP contribution in [0.2, 0.25) is 0 Å². The summed E-state index contributed by atoms with van der Waals surface area (Å²) in [6, 6.07) is 3.45. The van der Waals surface area contributed by atoms with Gasteiger partial charge in [-0.2, -0.15) is 0 Å². The van der Waals surface area contributed by atoms with Crippen molar-refractivity contribution >= 4 is 5.91 Å². The van der Waals surface area contributed by atoms with E-state index >= 15 is 0 Å². The van der Waals surface area contributed by atoms with Gasteiger partial charge in [-0.15, -0.1) is 0 Å². The molecule has 2 N–H and O–H groups in total. The highest BCUT2D eigenvalue weighted by atomic mass is 19.1. The predicted molar refractivity (Wildman–Crippen MR) is 87.4 cm³/mol. The molecule has 1 saturated carbocycles. The molecular formula is C18H24FN3O2. The third kappa shape index (κ3) is 2.28. The van der Waals surface area contributed by atoms with Crippen LogP contribution >= 0.6 is 0 Å². The molecule has 1 saturated heterocycles. The number of benzene rings is 1. The summed E-state index contributed by atoms with van der Waals surface area (Å²) >= 11 is 0. The summed E-state index contributed by atoms with van der Waals surface area (Å²) < 4.78 is 14.5. The van der Waals surface area contributed by atoms with E-state index in [0.29, 0.717) is 23.7 Å². The lowest BCUT2D eigenvalue weighted by molar-refractivity contribution is -0.0464. The van der Waals surface area contributed by atoms with Gasteiger partial charge in [0, 0.05) is 35.8 Å². The first-order valence-electron chi connectivity index (χ1n) is 8.76. The number of rotatable bonds is 2. The summed E-state index contributed by atoms with van der Waals surface area (Å²) in [6.07, 6.45) is 5.68. The highest BCUT2D eigenvalue weighted by Gasteiger charge is 2.54. The van der Waals surface area contributed by atoms with Crippen LogP contribution in [0, 0.1) is 5.82 Å². The molecule has 5 nitrogen and oxygen atoms in total. The van der Waals surface area contributed by atoms with E-state index in [2.05, 4.69) is 16.8 Å². The number of hydrogen-bond acceptors (Lipinski definition) is 4. The number of hydrogen-bond donors (Lipinski definition) is 2. The van der Waals surface area contributed by atoms with E-state index in [1.165, 1.54) is 31.7 Å². The van der Waals surface area contributed by atoms with Crippen LogP contribution in [0.4, 0.5) is 4.39 Å². The number of nitrogens with one attached hydrogen (secondary N) is 1. The SMILES string of the molecule is CN1CCC[C@]12CC[C@@H]2N1CCc2cc(C(=O)NO)cc(F)c2C1. The molecule has 0 bridgehead atoms. The van der Waals surface area contributed by atoms with E-state index in [-0.39, 0.29) is 11.4 Å². The highest BCUT2D eigenvalue weighted by Crippen LogP contribution is 2.48. The molecular weight excluding hydrogens is 309 g/mol. The smallest absolute Gasteiger partial charge is 0.274 e. The minimum absolute atomic E-state index is 0.179. The van der Waals surface area contributed by atoms with Crippen molar-refractivity contribution in [3.63, 3.8) is 0 Å². The Kier molecular flexibility index (Phi) is 3.86. The van der Waals surface area contributed by atoms with E-state index < -0.39 is 5.91 Å². The summed E-state index contributed by atoms with van der Waals surface area (Å²) in [7, 11) is 2.22. The number of likely N-dealkylation sites (N-methyl/N-ethyl adjacent to an activating group) is 1. The molecule has 130 valence electrons. The van der Waals surface area contributed by atoms with Gasteiger partial charge in [-0.25, -0.2) is 9.87 Å². The Bertz CT molecular complexity index is 680. The second-order valence-electron chi connectivity index (χ2n) is 7.44. The number of carbonyl (C=O) groups is 1. The molecule has 4 rings (SSSR count). The normalized spacial score (nSPS) is 30.2. The maximum atomic E-state index is 14.5. The molecule has 2 heterocycles. The van der Waals surface area contributed by atoms with Gasteiger partial charge in [0.05, 0.1) is 0 Å². The first-order valence-corrected chi connectivity index (χ1v) is 8.76. The third-order valence-corrected chi connectivity index (χ3v) is 6.46. The molecule has 1 spiro atoms. The maximum absolute atomic E-state index is 14.5. The van der Waals surface area contributed by atoms with E-state index in [9.17, 15) is 9.18 Å². The van der Waals surface area contributed by atoms with Gasteiger partial charge in [0.2, 0.25) is 0 Å². The largest absolute Gasteiger partial charge is 0.299 e. The highest BCUT2D eigenvalue weighted by molar-refractivity contribution is 5.93. The van der Waals surface area contributed by atoms with Crippen molar-refractivity contribution in [1.82, 2.24) is 15.3 Å². The second kappa shape index (κ2) is 5.79. The van der Waals surface area contributed by atoms with Crippen molar-refractivity contribution in [3.8, 4) is 0 Å². The van der Waals surface area contributed by atoms with Gasteiger partial charge in [0.15, 0.2) is 0 Å². The molecule has 2 fully saturated rings. The van der Waals surface area contributed by atoms with Crippen molar-refractivity contribution < 1.29 is 14.4 Å². The molecule has 0 radical (unpaired) electrons. The lowest BCUT2D eigenvalue weighted by Gasteiger charge is -2.56. The summed E-state index contributed by atoms with van der Waals surface area (Å²) in [5.41, 5.74) is 3.65. The van der Waals surface area contributed by atoms with E-state index in [1.54, 1.807) is 11.5 Å². The second-order valence-corrected chi connectivity index (χ2v) is 7.44. The zero-order chi connectivity index (χ0) is 16.9. The van der Waals surface area contributed by atoms with Crippen LogP contribution in [0.5, 0.6) is 0 Å². The standard InChI is InChI=1S/C18H24FN3O2/c1-21-7-2-5-18(21)6-3-16(18)22-8-4-12-9-13(17(23)20-24)10-15(19)14(12)11-22/h9-10,16,24H,2-8,11H2,1H3,(H,20,23)/t16-,18+/m0/s1. The first-order chi connectivity index (χ1) is 11.5. The molecule has 1 aliphatic carbocycles. The molecule has 1 aromatic rings. The zero-order valence-electron chi connectivity index (χ0n) is 14.0. The minimum atomic E-state index is -0.662. The minimum Gasteiger partial charge on any atom is -0.299 e. The molecule has 0 aromatic heterocycles. The van der Waals surface area contributed by atoms with Gasteiger partial charge in [0.25, 0.3) is 5.91 Å². The Morgan fingerprint density at radius 3 is 2.83 bits per heavy atom. The van der Waals surface area contributed by atoms with E-state index in [4.69, 9.17) is 5.21 Å². The molecule has 3 aliphatic rings. The lowest BCUT2D eigenvalue weighted by Crippen LogP contribution is -2.65. The Balaban J connectivity index is 1.57. The molecule has 2 aliphatic heterocycles. The predicted octanol–water partition coefficient (Wildman–Crippen LogP) is 1.93. The fourth-order valence-electron chi connectivity index (χ4n) is 5.00. The third-order valence-electron chi connectivity index (χ3n) is 6.46. The number of amides is 1. The van der Waals surface area contributed by atoms with Crippen molar-refractivity contribution in [2.24, 2.45) is 0 Å². The zero-order valence-corrected chi connectivity index (χ0v) is 14.0. The van der Waals surface area contributed by atoms with Crippen LogP contribution in [-0.2, 0) is 13.0 Å². The van der Waals surface area contributed by atoms with E-state index in [1.807, 2.05) is 0 Å². The van der Waals surface area contributed by atoms with Gasteiger partial charge in [0.1, 0.15) is 5.82 Å². The van der Waals surface area contributed by atoms with Gasteiger partial charge in [-0.3, -0.25) is 19.8 Å². The average molecular weight is 333 g/mol. The lowest BCUT2D eigenvalue weighted by atomic mass is 9.68. The number of hydroxylamine groups is 1. The summed E-state index contributed by atoms with van der Waals surface area (Å²) in [4.78, 5) is 16.5. The van der Waals surface area contributed by atoms with Gasteiger partial charge in [-0.05, 0) is 63.4 Å². The van der Waals surface area contributed by atoms with Gasteiger partial charge >= 0.3 is 0 Å². The quantitative estimate of drug-likeness (QED) is 0.641. The van der Waals surface area contributed by atoms with Crippen LogP contribution in [0.15, 0.2) is 12.1 Å². The van der Waals surface area contributed by atoms with Crippen molar-refractivity contribution in [1.29, 1.82) is 0 Å². The van der Waals surface area contributed by atoms with Crippen LogP contribution in [0.1, 0.15) is 47.2 Å². The Labute approximate surface area is 141 Å². The van der Waals surface area contributed by atoms with Gasteiger partial charge < -0.3 is 0 Å². The molecule has 1 amide bonds. The molecule has 2 atom stereocenters. The van der Waals surface area contributed by atoms with Crippen LogP contribution in [0.3, 0.4) is 0 Å². The maximum Gasteiger partial charge on any atom is 0.274 e. The number of carbonyl (C=O) groups excluding carboxylic acids is 1. The fourth-order valence-corrected chi connectivity index (χ4v) is 5.00. The van der Waals surface area contributed by atoms with Gasteiger partial charge in [-0.1, -0.05) is 0 Å². The molecule has 24 heavy (non-hydrogen) atoms. The Morgan fingerprint density at radius 2 is 2.21 bits per heavy atom. The Hall–Kier alpha value is -1.50. The van der Waals surface area contributed by atoms with Crippen molar-refractivity contribution in [2.75, 3.05) is 20.1 Å². The summed E-state index contributed by atoms with van der Waals surface area (Å²) in [5, 5.41) is 8.75. The van der Waals surface area contributed by atoms with Crippen molar-refractivity contribution in [2.45, 2.75) is 50.2 Å². The Morgan fingerprint density at radius 1 is 1.38 bits per heavy atom. The van der Waals surface area contributed by atoms with E-state index in [0.717, 1.165) is 25.1 Å². The van der Waals surface area contributed by atoms with Crippen LogP contribution in [0.25, 0.3) is 0 Å². The molecule has 0 unspecified atom stereocenters. The number of fused-ring (bicyclic) bond motifs is 1. The number of nitrogens with zero attached hydrogens (tertiary/aromatic N) is 2. The number of likely N-dealkylation sites (tertiary alicyclic amines) is 1. The first kappa shape index (κ1) is 16.0. The summed E-state index contributed by atoms with van der Waals surface area (Å²) in [5.74, 6) is -1.01. The number of halogens is 1. The monoisotopic (exact) mass is 333 g/mol. The van der Waals surface area contributed by atoms with Crippen LogP contribution < -0.4 is 5.48 Å². The summed E-state index contributed by atoms with van der Waals surface area (Å²) in [6.45, 7) is 2.67. The van der Waals surface area contributed by atoms with Crippen LogP contribution in [-0.4, -0.2) is 52.6 Å². The molecule has 6 heteroatoms. The molecule has 1 aromatic carbocycles. The average Bonchev–Trinajstić information content (AvgIpc) is 2.97.